The van der Waals surface area contributed by atoms with Gasteiger partial charge in [0.1, 0.15) is 0 Å². The Kier molecular flexibility index (Phi) is 5.74. The van der Waals surface area contributed by atoms with Gasteiger partial charge in [0, 0.05) is 13.2 Å². The molecule has 114 valence electrons. The highest BCUT2D eigenvalue weighted by atomic mass is 32.2. The molecule has 0 amide bonds. The van der Waals surface area contributed by atoms with E-state index in [1.54, 1.807) is 13.0 Å². The third-order valence-electron chi connectivity index (χ3n) is 3.38. The first-order valence-electron chi connectivity index (χ1n) is 6.86. The lowest BCUT2D eigenvalue weighted by Crippen LogP contribution is -2.27. The molecule has 0 unspecified atom stereocenters. The molecule has 0 aliphatic rings. The molecular weight excluding hydrogens is 274 g/mol. The molecule has 0 bridgehead atoms. The van der Waals surface area contributed by atoms with E-state index in [1.807, 2.05) is 32.9 Å². The second kappa shape index (κ2) is 6.70. The van der Waals surface area contributed by atoms with Gasteiger partial charge in [0.25, 0.3) is 0 Å². The molecule has 2 N–H and O–H groups in total. The number of benzene rings is 1. The molecule has 1 rings (SSSR count). The van der Waals surface area contributed by atoms with Crippen molar-refractivity contribution >= 4 is 10.0 Å². The first-order chi connectivity index (χ1) is 9.18. The largest absolute Gasteiger partial charge is 0.396 e. The molecule has 0 saturated heterocycles. The fraction of sp³-hybridized carbons (Fsp3) is 0.600. The van der Waals surface area contributed by atoms with Crippen LogP contribution in [0.1, 0.15) is 37.8 Å². The van der Waals surface area contributed by atoms with Crippen molar-refractivity contribution in [3.63, 3.8) is 0 Å². The highest BCUT2D eigenvalue weighted by Crippen LogP contribution is 2.21. The number of aliphatic hydroxyl groups excluding tert-OH is 1. The van der Waals surface area contributed by atoms with Crippen LogP contribution in [0.3, 0.4) is 0 Å². The van der Waals surface area contributed by atoms with Gasteiger partial charge >= 0.3 is 0 Å². The van der Waals surface area contributed by atoms with E-state index in [-0.39, 0.29) is 12.0 Å². The molecular formula is C15H25NO3S. The van der Waals surface area contributed by atoms with Crippen molar-refractivity contribution in [2.24, 2.45) is 5.41 Å². The lowest BCUT2D eigenvalue weighted by molar-refractivity contribution is 0.148. The van der Waals surface area contributed by atoms with E-state index < -0.39 is 10.0 Å². The summed E-state index contributed by atoms with van der Waals surface area (Å²) in [5.41, 5.74) is 1.52. The Morgan fingerprint density at radius 2 is 1.90 bits per heavy atom. The van der Waals surface area contributed by atoms with E-state index in [1.165, 1.54) is 0 Å². The Morgan fingerprint density at radius 1 is 1.25 bits per heavy atom. The van der Waals surface area contributed by atoms with E-state index in [0.717, 1.165) is 17.5 Å². The van der Waals surface area contributed by atoms with Crippen molar-refractivity contribution in [1.29, 1.82) is 0 Å². The van der Waals surface area contributed by atoms with Crippen LogP contribution in [0.25, 0.3) is 0 Å². The van der Waals surface area contributed by atoms with E-state index in [9.17, 15) is 8.42 Å². The Labute approximate surface area is 122 Å². The van der Waals surface area contributed by atoms with Gasteiger partial charge in [0.05, 0.1) is 4.90 Å². The average Bonchev–Trinajstić information content (AvgIpc) is 2.37. The molecule has 4 nitrogen and oxygen atoms in total. The van der Waals surface area contributed by atoms with Gasteiger partial charge in [-0.3, -0.25) is 0 Å². The minimum atomic E-state index is -3.45. The molecule has 1 aromatic rings. The topological polar surface area (TPSA) is 66.4 Å². The van der Waals surface area contributed by atoms with Crippen LogP contribution in [0.15, 0.2) is 23.1 Å². The summed E-state index contributed by atoms with van der Waals surface area (Å²) in [5.74, 6) is 0. The highest BCUT2D eigenvalue weighted by Gasteiger charge is 2.18. The highest BCUT2D eigenvalue weighted by molar-refractivity contribution is 7.89. The Balaban J connectivity index is 2.65. The van der Waals surface area contributed by atoms with Crippen LogP contribution in [0.4, 0.5) is 0 Å². The van der Waals surface area contributed by atoms with Crippen molar-refractivity contribution in [2.75, 3.05) is 13.2 Å². The Morgan fingerprint density at radius 3 is 2.50 bits per heavy atom. The van der Waals surface area contributed by atoms with Crippen molar-refractivity contribution in [2.45, 2.75) is 45.4 Å². The van der Waals surface area contributed by atoms with E-state index >= 15 is 0 Å². The molecule has 5 heteroatoms. The minimum absolute atomic E-state index is 0.108. The predicted octanol–water partition coefficient (Wildman–Crippen LogP) is 2.38. The lowest BCUT2D eigenvalue weighted by Gasteiger charge is -2.21. The van der Waals surface area contributed by atoms with Gasteiger partial charge in [-0.1, -0.05) is 26.0 Å². The van der Waals surface area contributed by atoms with Crippen molar-refractivity contribution in [1.82, 2.24) is 4.72 Å². The quantitative estimate of drug-likeness (QED) is 0.760. The number of hydrogen-bond donors (Lipinski definition) is 2. The number of aryl methyl sites for hydroxylation is 2. The number of aliphatic hydroxyl groups is 1. The molecule has 20 heavy (non-hydrogen) atoms. The van der Waals surface area contributed by atoms with Crippen molar-refractivity contribution in [3.8, 4) is 0 Å². The molecule has 0 radical (unpaired) electrons. The standard InChI is InChI=1S/C15H25NO3S/c1-12-6-7-13(2)14(10-12)20(18,19)16-9-5-8-15(3,4)11-17/h6-7,10,16-17H,5,8-9,11H2,1-4H3. The van der Waals surface area contributed by atoms with Crippen LogP contribution >= 0.6 is 0 Å². The van der Waals surface area contributed by atoms with Crippen LogP contribution < -0.4 is 4.72 Å². The van der Waals surface area contributed by atoms with Crippen molar-refractivity contribution in [3.05, 3.63) is 29.3 Å². The molecule has 0 heterocycles. The van der Waals surface area contributed by atoms with Gasteiger partial charge < -0.3 is 5.11 Å². The van der Waals surface area contributed by atoms with E-state index in [4.69, 9.17) is 5.11 Å². The number of sulfonamides is 1. The zero-order valence-electron chi connectivity index (χ0n) is 12.7. The molecule has 0 saturated carbocycles. The summed E-state index contributed by atoms with van der Waals surface area (Å²) < 4.78 is 27.1. The first kappa shape index (κ1) is 17.1. The summed E-state index contributed by atoms with van der Waals surface area (Å²) in [5, 5.41) is 9.16. The molecule has 0 atom stereocenters. The van der Waals surface area contributed by atoms with Gasteiger partial charge in [-0.2, -0.15) is 0 Å². The van der Waals surface area contributed by atoms with Crippen LogP contribution in [-0.2, 0) is 10.0 Å². The van der Waals surface area contributed by atoms with Gasteiger partial charge in [-0.15, -0.1) is 0 Å². The maximum atomic E-state index is 12.2. The Hall–Kier alpha value is -0.910. The minimum Gasteiger partial charge on any atom is -0.396 e. The number of hydrogen-bond acceptors (Lipinski definition) is 3. The second-order valence-corrected chi connectivity index (χ2v) is 7.83. The maximum absolute atomic E-state index is 12.2. The van der Waals surface area contributed by atoms with E-state index in [2.05, 4.69) is 4.72 Å². The summed E-state index contributed by atoms with van der Waals surface area (Å²) in [4.78, 5) is 0.346. The van der Waals surface area contributed by atoms with Gasteiger partial charge in [-0.05, 0) is 49.3 Å². The third kappa shape index (κ3) is 4.89. The number of nitrogens with one attached hydrogen (secondary N) is 1. The average molecular weight is 299 g/mol. The van der Waals surface area contributed by atoms with Gasteiger partial charge in [-0.25, -0.2) is 13.1 Å². The summed E-state index contributed by atoms with van der Waals surface area (Å²) in [6, 6.07) is 5.41. The third-order valence-corrected chi connectivity index (χ3v) is 4.99. The Bertz CT molecular complexity index is 550. The number of rotatable bonds is 7. The van der Waals surface area contributed by atoms with Crippen molar-refractivity contribution < 1.29 is 13.5 Å². The zero-order chi connectivity index (χ0) is 15.4. The van der Waals surface area contributed by atoms with Crippen LogP contribution in [0, 0.1) is 19.3 Å². The summed E-state index contributed by atoms with van der Waals surface area (Å²) in [6.45, 7) is 8.10. The molecule has 0 fully saturated rings. The summed E-state index contributed by atoms with van der Waals surface area (Å²) in [6.07, 6.45) is 1.48. The summed E-state index contributed by atoms with van der Waals surface area (Å²) in [7, 11) is -3.45. The first-order valence-corrected chi connectivity index (χ1v) is 8.34. The molecule has 0 aliphatic carbocycles. The molecule has 0 spiro atoms. The zero-order valence-corrected chi connectivity index (χ0v) is 13.5. The fourth-order valence-corrected chi connectivity index (χ4v) is 3.33. The van der Waals surface area contributed by atoms with Crippen LogP contribution in [0.2, 0.25) is 0 Å². The molecule has 0 aliphatic heterocycles. The summed E-state index contributed by atoms with van der Waals surface area (Å²) >= 11 is 0. The smallest absolute Gasteiger partial charge is 0.240 e. The van der Waals surface area contributed by atoms with Gasteiger partial charge in [0.2, 0.25) is 10.0 Å². The monoisotopic (exact) mass is 299 g/mol. The van der Waals surface area contributed by atoms with E-state index in [0.29, 0.717) is 17.9 Å². The van der Waals surface area contributed by atoms with Crippen LogP contribution in [-0.4, -0.2) is 26.7 Å². The normalized spacial score (nSPS) is 12.7. The van der Waals surface area contributed by atoms with Gasteiger partial charge in [0.15, 0.2) is 0 Å². The second-order valence-electron chi connectivity index (χ2n) is 6.09. The SMILES string of the molecule is Cc1ccc(C)c(S(=O)(=O)NCCCC(C)(C)CO)c1. The maximum Gasteiger partial charge on any atom is 0.240 e. The molecule has 1 aromatic carbocycles. The van der Waals surface area contributed by atoms with Crippen LogP contribution in [0.5, 0.6) is 0 Å². The fourth-order valence-electron chi connectivity index (χ4n) is 1.93. The lowest BCUT2D eigenvalue weighted by atomic mass is 9.89. The molecule has 0 aromatic heterocycles. The predicted molar refractivity (Wildman–Crippen MR) is 81.2 cm³/mol.